The Morgan fingerprint density at radius 2 is 2.00 bits per heavy atom. The van der Waals surface area contributed by atoms with Crippen LogP contribution in [0.15, 0.2) is 27.5 Å². The molecule has 20 heavy (non-hydrogen) atoms. The smallest absolute Gasteiger partial charge is 0.246 e. The van der Waals surface area contributed by atoms with Crippen molar-refractivity contribution in [2.24, 2.45) is 0 Å². The van der Waals surface area contributed by atoms with Crippen LogP contribution in [0.3, 0.4) is 0 Å². The molecule has 0 aliphatic rings. The highest BCUT2D eigenvalue weighted by Gasteiger charge is 2.12. The van der Waals surface area contributed by atoms with Gasteiger partial charge in [-0.2, -0.15) is 4.98 Å². The molecule has 0 spiro atoms. The second-order valence-electron chi connectivity index (χ2n) is 3.91. The van der Waals surface area contributed by atoms with Crippen LogP contribution in [0.2, 0.25) is 5.02 Å². The zero-order valence-electron chi connectivity index (χ0n) is 10.4. The van der Waals surface area contributed by atoms with Gasteiger partial charge in [-0.15, -0.1) is 0 Å². The van der Waals surface area contributed by atoms with Gasteiger partial charge in [0.05, 0.1) is 24.0 Å². The molecule has 9 heteroatoms. The van der Waals surface area contributed by atoms with Crippen molar-refractivity contribution in [1.82, 2.24) is 25.3 Å². The number of hydrogen-bond donors (Lipinski definition) is 1. The van der Waals surface area contributed by atoms with Gasteiger partial charge in [-0.05, 0) is 6.92 Å². The van der Waals surface area contributed by atoms with Gasteiger partial charge in [-0.3, -0.25) is 0 Å². The zero-order chi connectivity index (χ0) is 13.9. The lowest BCUT2D eigenvalue weighted by molar-refractivity contribution is 0.381. The minimum absolute atomic E-state index is 0.297. The summed E-state index contributed by atoms with van der Waals surface area (Å²) in [5.74, 6) is 1.86. The monoisotopic (exact) mass is 292 g/mol. The SMILES string of the molecule is Cc1cc(-c2noc(CNc3ncc(Cl)cn3)n2)no1. The van der Waals surface area contributed by atoms with Crippen molar-refractivity contribution in [1.29, 1.82) is 0 Å². The Bertz CT molecular complexity index is 708. The number of rotatable bonds is 4. The predicted octanol–water partition coefficient (Wildman–Crippen LogP) is 2.09. The number of nitrogens with zero attached hydrogens (tertiary/aromatic N) is 5. The molecule has 3 rings (SSSR count). The molecule has 1 N–H and O–H groups in total. The first-order chi connectivity index (χ1) is 9.70. The van der Waals surface area contributed by atoms with Crippen molar-refractivity contribution in [2.75, 3.05) is 5.32 Å². The fourth-order valence-electron chi connectivity index (χ4n) is 1.46. The topological polar surface area (TPSA) is 103 Å². The van der Waals surface area contributed by atoms with Crippen LogP contribution >= 0.6 is 11.6 Å². The van der Waals surface area contributed by atoms with Crippen LogP contribution in [0.25, 0.3) is 11.5 Å². The van der Waals surface area contributed by atoms with Crippen LogP contribution in [-0.2, 0) is 6.54 Å². The van der Waals surface area contributed by atoms with Gasteiger partial charge in [0.2, 0.25) is 17.7 Å². The van der Waals surface area contributed by atoms with Crippen LogP contribution in [0.5, 0.6) is 0 Å². The standard InChI is InChI=1S/C11H9ClN6O2/c1-6-2-8(17-19-6)10-16-9(20-18-10)5-15-11-13-3-7(12)4-14-11/h2-4H,5H2,1H3,(H,13,14,15). The summed E-state index contributed by atoms with van der Waals surface area (Å²) < 4.78 is 10.0. The summed E-state index contributed by atoms with van der Waals surface area (Å²) in [6, 6.07) is 1.73. The largest absolute Gasteiger partial charge is 0.361 e. The Morgan fingerprint density at radius 3 is 2.70 bits per heavy atom. The molecule has 102 valence electrons. The number of aromatic nitrogens is 5. The summed E-state index contributed by atoms with van der Waals surface area (Å²) in [6.07, 6.45) is 2.99. The zero-order valence-corrected chi connectivity index (χ0v) is 11.1. The number of anilines is 1. The fourth-order valence-corrected chi connectivity index (χ4v) is 1.56. The highest BCUT2D eigenvalue weighted by Crippen LogP contribution is 2.15. The summed E-state index contributed by atoms with van der Waals surface area (Å²) in [4.78, 5) is 12.2. The molecule has 3 aromatic rings. The molecule has 3 heterocycles. The van der Waals surface area contributed by atoms with E-state index in [9.17, 15) is 0 Å². The first-order valence-electron chi connectivity index (χ1n) is 5.68. The second kappa shape index (κ2) is 5.25. The molecule has 0 saturated heterocycles. The quantitative estimate of drug-likeness (QED) is 0.779. The predicted molar refractivity (Wildman–Crippen MR) is 68.9 cm³/mol. The highest BCUT2D eigenvalue weighted by atomic mass is 35.5. The first kappa shape index (κ1) is 12.5. The van der Waals surface area contributed by atoms with Crippen molar-refractivity contribution in [2.45, 2.75) is 13.5 Å². The fraction of sp³-hybridized carbons (Fsp3) is 0.182. The van der Waals surface area contributed by atoms with Gasteiger partial charge in [-0.25, -0.2) is 9.97 Å². The van der Waals surface area contributed by atoms with Gasteiger partial charge in [-0.1, -0.05) is 21.9 Å². The molecule has 0 aliphatic heterocycles. The summed E-state index contributed by atoms with van der Waals surface area (Å²) in [6.45, 7) is 2.09. The molecule has 0 saturated carbocycles. The van der Waals surface area contributed by atoms with Crippen molar-refractivity contribution in [3.63, 3.8) is 0 Å². The van der Waals surface area contributed by atoms with E-state index in [4.69, 9.17) is 20.6 Å². The third-order valence-electron chi connectivity index (χ3n) is 2.34. The number of hydrogen-bond acceptors (Lipinski definition) is 8. The minimum atomic E-state index is 0.297. The summed E-state index contributed by atoms with van der Waals surface area (Å²) >= 11 is 5.69. The van der Waals surface area contributed by atoms with Gasteiger partial charge in [0, 0.05) is 6.07 Å². The van der Waals surface area contributed by atoms with Crippen LogP contribution < -0.4 is 5.32 Å². The summed E-state index contributed by atoms with van der Waals surface area (Å²) in [5, 5.41) is 11.0. The average molecular weight is 293 g/mol. The first-order valence-corrected chi connectivity index (χ1v) is 6.06. The van der Waals surface area contributed by atoms with Crippen LogP contribution in [0.1, 0.15) is 11.7 Å². The molecule has 0 unspecified atom stereocenters. The Kier molecular flexibility index (Phi) is 3.30. The van der Waals surface area contributed by atoms with E-state index < -0.39 is 0 Å². The lowest BCUT2D eigenvalue weighted by Gasteiger charge is -1.99. The molecule has 0 aliphatic carbocycles. The Balaban J connectivity index is 1.67. The molecular weight excluding hydrogens is 284 g/mol. The van der Waals surface area contributed by atoms with Gasteiger partial charge in [0.15, 0.2) is 5.69 Å². The highest BCUT2D eigenvalue weighted by molar-refractivity contribution is 6.30. The summed E-state index contributed by atoms with van der Waals surface area (Å²) in [7, 11) is 0. The molecule has 0 fully saturated rings. The van der Waals surface area contributed by atoms with E-state index in [2.05, 4.69) is 30.6 Å². The van der Waals surface area contributed by atoms with E-state index in [1.807, 2.05) is 0 Å². The van der Waals surface area contributed by atoms with Crippen molar-refractivity contribution >= 4 is 17.5 Å². The van der Waals surface area contributed by atoms with Crippen LogP contribution in [0, 0.1) is 6.92 Å². The lowest BCUT2D eigenvalue weighted by Crippen LogP contribution is -2.03. The van der Waals surface area contributed by atoms with E-state index in [-0.39, 0.29) is 0 Å². The van der Waals surface area contributed by atoms with Crippen molar-refractivity contribution < 1.29 is 9.05 Å². The van der Waals surface area contributed by atoms with Gasteiger partial charge >= 0.3 is 0 Å². The Labute approximate surface area is 118 Å². The molecular formula is C11H9ClN6O2. The maximum absolute atomic E-state index is 5.69. The lowest BCUT2D eigenvalue weighted by atomic mass is 10.4. The van der Waals surface area contributed by atoms with Gasteiger partial charge < -0.3 is 14.4 Å². The molecule has 8 nitrogen and oxygen atoms in total. The molecule has 0 atom stereocenters. The molecule has 0 aromatic carbocycles. The van der Waals surface area contributed by atoms with E-state index >= 15 is 0 Å². The maximum Gasteiger partial charge on any atom is 0.246 e. The third-order valence-corrected chi connectivity index (χ3v) is 2.54. The van der Waals surface area contributed by atoms with Gasteiger partial charge in [0.25, 0.3) is 0 Å². The van der Waals surface area contributed by atoms with E-state index in [0.29, 0.717) is 40.7 Å². The number of halogens is 1. The third kappa shape index (κ3) is 2.75. The van der Waals surface area contributed by atoms with Crippen molar-refractivity contribution in [3.8, 4) is 11.5 Å². The Morgan fingerprint density at radius 1 is 1.20 bits per heavy atom. The molecule has 0 bridgehead atoms. The molecule has 0 amide bonds. The van der Waals surface area contributed by atoms with Crippen molar-refractivity contribution in [3.05, 3.63) is 35.1 Å². The van der Waals surface area contributed by atoms with Crippen LogP contribution in [0.4, 0.5) is 5.95 Å². The van der Waals surface area contributed by atoms with E-state index in [1.54, 1.807) is 13.0 Å². The minimum Gasteiger partial charge on any atom is -0.361 e. The normalized spacial score (nSPS) is 10.7. The molecule has 0 radical (unpaired) electrons. The number of aryl methyl sites for hydroxylation is 1. The van der Waals surface area contributed by atoms with E-state index in [0.717, 1.165) is 0 Å². The van der Waals surface area contributed by atoms with Crippen LogP contribution in [-0.4, -0.2) is 25.3 Å². The average Bonchev–Trinajstić information content (AvgIpc) is 3.07. The van der Waals surface area contributed by atoms with Gasteiger partial charge in [0.1, 0.15) is 5.76 Å². The molecule has 3 aromatic heterocycles. The van der Waals surface area contributed by atoms with E-state index in [1.165, 1.54) is 12.4 Å². The maximum atomic E-state index is 5.69. The Hall–Kier alpha value is -2.48. The second-order valence-corrected chi connectivity index (χ2v) is 4.35. The number of nitrogens with one attached hydrogen (secondary N) is 1. The summed E-state index contributed by atoms with van der Waals surface area (Å²) in [5.41, 5.74) is 0.528.